The molecule has 3 aromatic carbocycles. The van der Waals surface area contributed by atoms with Crippen LogP contribution in [0.4, 0.5) is 5.69 Å². The molecule has 0 spiro atoms. The zero-order chi connectivity index (χ0) is 21.6. The summed E-state index contributed by atoms with van der Waals surface area (Å²) in [5.74, 6) is 0.00262. The van der Waals surface area contributed by atoms with E-state index in [2.05, 4.69) is 10.5 Å². The molecule has 1 amide bonds. The molecule has 1 fully saturated rings. The number of hydrogen-bond donors (Lipinski definition) is 1. The van der Waals surface area contributed by atoms with Crippen molar-refractivity contribution < 1.29 is 9.72 Å². The van der Waals surface area contributed by atoms with E-state index in [1.54, 1.807) is 30.4 Å². The highest BCUT2D eigenvalue weighted by Crippen LogP contribution is 2.47. The number of amides is 1. The summed E-state index contributed by atoms with van der Waals surface area (Å²) in [6.45, 7) is 0. The van der Waals surface area contributed by atoms with Crippen molar-refractivity contribution in [3.63, 3.8) is 0 Å². The molecular formula is C25H21N3O3. The maximum atomic E-state index is 12.6. The third-order valence-corrected chi connectivity index (χ3v) is 5.27. The molecule has 6 nitrogen and oxygen atoms in total. The van der Waals surface area contributed by atoms with Crippen LogP contribution < -0.4 is 5.43 Å². The Kier molecular flexibility index (Phi) is 5.98. The van der Waals surface area contributed by atoms with Crippen molar-refractivity contribution in [3.8, 4) is 0 Å². The minimum atomic E-state index is -0.419. The number of carbonyl (C=O) groups excluding carboxylic acids is 1. The van der Waals surface area contributed by atoms with E-state index in [-0.39, 0.29) is 23.4 Å². The van der Waals surface area contributed by atoms with Crippen LogP contribution in [-0.4, -0.2) is 16.5 Å². The van der Waals surface area contributed by atoms with Crippen LogP contribution in [0.3, 0.4) is 0 Å². The molecular weight excluding hydrogens is 390 g/mol. The number of hydrogen-bond acceptors (Lipinski definition) is 4. The standard InChI is InChI=1S/C25H21N3O3/c29-25(22-17-21(22)18-9-3-1-4-10-18)27-26-23(19-11-5-2-6-12-19)16-15-20-13-7-8-14-24(20)28(30)31/h1-16,21-22H,17H2,(H,27,29)/b16-15+,26-23-/t21-,22+/m1/s1. The molecule has 2 atom stereocenters. The van der Waals surface area contributed by atoms with E-state index in [4.69, 9.17) is 0 Å². The molecule has 154 valence electrons. The van der Waals surface area contributed by atoms with E-state index >= 15 is 0 Å². The molecule has 4 rings (SSSR count). The first-order valence-electron chi connectivity index (χ1n) is 10.0. The van der Waals surface area contributed by atoms with E-state index in [0.717, 1.165) is 17.5 Å². The Morgan fingerprint density at radius 2 is 1.61 bits per heavy atom. The van der Waals surface area contributed by atoms with Crippen LogP contribution in [-0.2, 0) is 4.79 Å². The minimum absolute atomic E-state index is 0.0129. The first-order chi connectivity index (χ1) is 15.1. The van der Waals surface area contributed by atoms with Crippen LogP contribution in [0, 0.1) is 16.0 Å². The number of hydrazone groups is 1. The molecule has 1 N–H and O–H groups in total. The van der Waals surface area contributed by atoms with Crippen LogP contribution in [0.25, 0.3) is 6.08 Å². The summed E-state index contributed by atoms with van der Waals surface area (Å²) in [5.41, 5.74) is 5.64. The van der Waals surface area contributed by atoms with Gasteiger partial charge in [-0.25, -0.2) is 5.43 Å². The molecule has 0 heterocycles. The fraction of sp³-hybridized carbons (Fsp3) is 0.120. The molecule has 1 aliphatic rings. The zero-order valence-electron chi connectivity index (χ0n) is 16.7. The highest BCUT2D eigenvalue weighted by molar-refractivity contribution is 6.11. The molecule has 1 aliphatic carbocycles. The van der Waals surface area contributed by atoms with Crippen molar-refractivity contribution in [2.24, 2.45) is 11.0 Å². The number of nitro benzene ring substituents is 1. The summed E-state index contributed by atoms with van der Waals surface area (Å²) < 4.78 is 0. The number of nitrogens with zero attached hydrogens (tertiary/aromatic N) is 2. The zero-order valence-corrected chi connectivity index (χ0v) is 16.7. The van der Waals surface area contributed by atoms with Gasteiger partial charge in [-0.15, -0.1) is 0 Å². The molecule has 0 radical (unpaired) electrons. The molecule has 0 bridgehead atoms. The van der Waals surface area contributed by atoms with Gasteiger partial charge >= 0.3 is 0 Å². The summed E-state index contributed by atoms with van der Waals surface area (Å²) in [7, 11) is 0. The van der Waals surface area contributed by atoms with Gasteiger partial charge in [-0.2, -0.15) is 5.10 Å². The van der Waals surface area contributed by atoms with Crippen LogP contribution in [0.15, 0.2) is 96.1 Å². The van der Waals surface area contributed by atoms with Gasteiger partial charge in [-0.05, 0) is 36.1 Å². The predicted octanol–water partition coefficient (Wildman–Crippen LogP) is 4.93. The van der Waals surface area contributed by atoms with Crippen molar-refractivity contribution in [1.82, 2.24) is 5.43 Å². The summed E-state index contributed by atoms with van der Waals surface area (Å²) in [4.78, 5) is 23.5. The van der Waals surface area contributed by atoms with Gasteiger partial charge in [0.15, 0.2) is 0 Å². The number of carbonyl (C=O) groups is 1. The number of benzene rings is 3. The fourth-order valence-corrected chi connectivity index (χ4v) is 3.52. The average Bonchev–Trinajstić information content (AvgIpc) is 3.61. The molecule has 6 heteroatoms. The molecule has 0 aliphatic heterocycles. The molecule has 1 saturated carbocycles. The van der Waals surface area contributed by atoms with Crippen LogP contribution in [0.1, 0.15) is 29.0 Å². The number of para-hydroxylation sites is 1. The third-order valence-electron chi connectivity index (χ3n) is 5.27. The predicted molar refractivity (Wildman–Crippen MR) is 121 cm³/mol. The Morgan fingerprint density at radius 3 is 2.32 bits per heavy atom. The third kappa shape index (κ3) is 4.93. The summed E-state index contributed by atoms with van der Waals surface area (Å²) in [6, 6.07) is 25.9. The highest BCUT2D eigenvalue weighted by Gasteiger charge is 2.43. The fourth-order valence-electron chi connectivity index (χ4n) is 3.52. The largest absolute Gasteiger partial charge is 0.276 e. The summed E-state index contributed by atoms with van der Waals surface area (Å²) >= 11 is 0. The number of allylic oxidation sites excluding steroid dienone is 1. The second-order valence-corrected chi connectivity index (χ2v) is 7.35. The van der Waals surface area contributed by atoms with Gasteiger partial charge in [0.05, 0.1) is 16.2 Å². The molecule has 0 saturated heterocycles. The van der Waals surface area contributed by atoms with Crippen LogP contribution >= 0.6 is 0 Å². The topological polar surface area (TPSA) is 84.6 Å². The second kappa shape index (κ2) is 9.17. The maximum Gasteiger partial charge on any atom is 0.276 e. The number of nitrogens with one attached hydrogen (secondary N) is 1. The average molecular weight is 411 g/mol. The molecule has 3 aromatic rings. The van der Waals surface area contributed by atoms with Crippen molar-refractivity contribution >= 4 is 23.4 Å². The Balaban J connectivity index is 1.53. The highest BCUT2D eigenvalue weighted by atomic mass is 16.6. The summed E-state index contributed by atoms with van der Waals surface area (Å²) in [5, 5.41) is 15.6. The van der Waals surface area contributed by atoms with Crippen LogP contribution in [0.2, 0.25) is 0 Å². The Hall–Kier alpha value is -4.06. The first kappa shape index (κ1) is 20.2. The van der Waals surface area contributed by atoms with Gasteiger partial charge in [0, 0.05) is 17.5 Å². The lowest BCUT2D eigenvalue weighted by atomic mass is 10.1. The molecule has 31 heavy (non-hydrogen) atoms. The van der Waals surface area contributed by atoms with E-state index < -0.39 is 4.92 Å². The van der Waals surface area contributed by atoms with E-state index in [1.807, 2.05) is 60.7 Å². The quantitative estimate of drug-likeness (QED) is 0.340. The monoisotopic (exact) mass is 411 g/mol. The number of nitro groups is 1. The Labute approximate surface area is 180 Å². The maximum absolute atomic E-state index is 12.6. The van der Waals surface area contributed by atoms with Gasteiger partial charge < -0.3 is 0 Å². The SMILES string of the molecule is O=C(N/N=C(/C=C/c1ccccc1[N+](=O)[O-])c1ccccc1)[C@H]1C[C@@H]1c1ccccc1. The lowest BCUT2D eigenvalue weighted by Crippen LogP contribution is -2.21. The summed E-state index contributed by atoms with van der Waals surface area (Å²) in [6.07, 6.45) is 4.12. The second-order valence-electron chi connectivity index (χ2n) is 7.35. The van der Waals surface area contributed by atoms with Gasteiger partial charge in [-0.3, -0.25) is 14.9 Å². The van der Waals surface area contributed by atoms with E-state index in [0.29, 0.717) is 11.3 Å². The minimum Gasteiger partial charge on any atom is -0.273 e. The van der Waals surface area contributed by atoms with E-state index in [1.165, 1.54) is 6.07 Å². The number of rotatable bonds is 7. The van der Waals surface area contributed by atoms with Gasteiger partial charge in [0.2, 0.25) is 5.91 Å². The first-order valence-corrected chi connectivity index (χ1v) is 10.0. The normalized spacial score (nSPS) is 18.0. The van der Waals surface area contributed by atoms with Crippen molar-refractivity contribution in [1.29, 1.82) is 0 Å². The Morgan fingerprint density at radius 1 is 0.968 bits per heavy atom. The van der Waals surface area contributed by atoms with Crippen molar-refractivity contribution in [2.45, 2.75) is 12.3 Å². The molecule has 0 unspecified atom stereocenters. The molecule has 0 aromatic heterocycles. The van der Waals surface area contributed by atoms with Gasteiger partial charge in [0.25, 0.3) is 5.69 Å². The van der Waals surface area contributed by atoms with E-state index in [9.17, 15) is 14.9 Å². The lowest BCUT2D eigenvalue weighted by Gasteiger charge is -2.04. The van der Waals surface area contributed by atoms with Crippen molar-refractivity contribution in [3.05, 3.63) is 118 Å². The van der Waals surface area contributed by atoms with Crippen molar-refractivity contribution in [2.75, 3.05) is 0 Å². The lowest BCUT2D eigenvalue weighted by molar-refractivity contribution is -0.385. The van der Waals surface area contributed by atoms with Crippen LogP contribution in [0.5, 0.6) is 0 Å². The van der Waals surface area contributed by atoms with Gasteiger partial charge in [-0.1, -0.05) is 72.8 Å². The van der Waals surface area contributed by atoms with Gasteiger partial charge in [0.1, 0.15) is 0 Å². The smallest absolute Gasteiger partial charge is 0.273 e. The Bertz CT molecular complexity index is 1140.